The first kappa shape index (κ1) is 10.1. The van der Waals surface area contributed by atoms with Gasteiger partial charge in [0.05, 0.1) is 12.8 Å². The van der Waals surface area contributed by atoms with E-state index in [9.17, 15) is 9.59 Å². The molecule has 0 aliphatic rings. The van der Waals surface area contributed by atoms with Crippen LogP contribution in [0.15, 0.2) is 0 Å². The number of nitrogens with zero attached hydrogens (tertiary/aromatic N) is 3. The van der Waals surface area contributed by atoms with E-state index in [4.69, 9.17) is 5.11 Å². The molecule has 0 atom stereocenters. The van der Waals surface area contributed by atoms with E-state index in [-0.39, 0.29) is 31.1 Å². The largest absolute Gasteiger partial charge is 0.481 e. The number of rotatable bonds is 5. The number of carbonyl (C=O) groups is 2. The van der Waals surface area contributed by atoms with Crippen LogP contribution in [-0.4, -0.2) is 44.2 Å². The van der Waals surface area contributed by atoms with E-state index in [0.29, 0.717) is 0 Å². The molecular formula is C6H9N5O3. The van der Waals surface area contributed by atoms with Crippen LogP contribution in [0.3, 0.4) is 0 Å². The second-order valence-electron chi connectivity index (χ2n) is 2.50. The number of aliphatic carboxylic acids is 1. The molecule has 0 aromatic carbocycles. The van der Waals surface area contributed by atoms with Gasteiger partial charge in [-0.15, -0.1) is 10.2 Å². The fraction of sp³-hybridized carbons (Fsp3) is 0.500. The number of nitrogens with one attached hydrogen (secondary N) is 2. The predicted molar refractivity (Wildman–Crippen MR) is 43.1 cm³/mol. The molecule has 0 radical (unpaired) electrons. The third-order valence-electron chi connectivity index (χ3n) is 1.37. The predicted octanol–water partition coefficient (Wildman–Crippen LogP) is -1.67. The van der Waals surface area contributed by atoms with Crippen molar-refractivity contribution in [1.29, 1.82) is 0 Å². The van der Waals surface area contributed by atoms with Crippen LogP contribution in [0.5, 0.6) is 0 Å². The summed E-state index contributed by atoms with van der Waals surface area (Å²) in [6.07, 6.45) is -0.103. The highest BCUT2D eigenvalue weighted by molar-refractivity contribution is 5.78. The highest BCUT2D eigenvalue weighted by Gasteiger charge is 2.06. The van der Waals surface area contributed by atoms with Crippen molar-refractivity contribution in [2.45, 2.75) is 12.8 Å². The van der Waals surface area contributed by atoms with E-state index in [0.717, 1.165) is 0 Å². The third-order valence-corrected chi connectivity index (χ3v) is 1.37. The molecule has 0 spiro atoms. The molecule has 3 N–H and O–H groups in total. The lowest BCUT2D eigenvalue weighted by atomic mass is 10.3. The molecule has 8 nitrogen and oxygen atoms in total. The van der Waals surface area contributed by atoms with Crippen LogP contribution in [0.4, 0.5) is 0 Å². The Labute approximate surface area is 78.7 Å². The van der Waals surface area contributed by atoms with Crippen molar-refractivity contribution in [1.82, 2.24) is 25.9 Å². The van der Waals surface area contributed by atoms with Crippen molar-refractivity contribution in [3.05, 3.63) is 5.82 Å². The van der Waals surface area contributed by atoms with Crippen molar-refractivity contribution in [2.24, 2.45) is 0 Å². The van der Waals surface area contributed by atoms with Crippen LogP contribution < -0.4 is 5.32 Å². The summed E-state index contributed by atoms with van der Waals surface area (Å²) in [7, 11) is 0. The number of carbonyl (C=O) groups excluding carboxylic acids is 1. The number of carboxylic acid groups (broad SMARTS) is 1. The topological polar surface area (TPSA) is 121 Å². The van der Waals surface area contributed by atoms with E-state index >= 15 is 0 Å². The van der Waals surface area contributed by atoms with Crippen LogP contribution in [-0.2, 0) is 16.0 Å². The summed E-state index contributed by atoms with van der Waals surface area (Å²) in [6, 6.07) is 0. The second kappa shape index (κ2) is 4.90. The molecule has 8 heteroatoms. The van der Waals surface area contributed by atoms with Gasteiger partial charge in [-0.25, -0.2) is 0 Å². The lowest BCUT2D eigenvalue weighted by molar-refractivity contribution is -0.136. The number of hydrogen-bond acceptors (Lipinski definition) is 5. The van der Waals surface area contributed by atoms with Gasteiger partial charge in [0.15, 0.2) is 5.82 Å². The summed E-state index contributed by atoms with van der Waals surface area (Å²) in [5, 5.41) is 23.3. The molecule has 1 rings (SSSR count). The van der Waals surface area contributed by atoms with Crippen LogP contribution in [0.1, 0.15) is 12.2 Å². The first-order valence-electron chi connectivity index (χ1n) is 3.89. The lowest BCUT2D eigenvalue weighted by Crippen LogP contribution is -2.27. The minimum Gasteiger partial charge on any atom is -0.481 e. The molecule has 0 saturated heterocycles. The molecule has 0 fully saturated rings. The molecule has 1 amide bonds. The average molecular weight is 199 g/mol. The zero-order valence-corrected chi connectivity index (χ0v) is 7.23. The van der Waals surface area contributed by atoms with Crippen molar-refractivity contribution in [3.63, 3.8) is 0 Å². The van der Waals surface area contributed by atoms with Gasteiger partial charge in [-0.1, -0.05) is 5.21 Å². The first-order chi connectivity index (χ1) is 6.68. The van der Waals surface area contributed by atoms with E-state index < -0.39 is 5.97 Å². The average Bonchev–Trinajstić information content (AvgIpc) is 2.56. The summed E-state index contributed by atoms with van der Waals surface area (Å²) in [5.41, 5.74) is 0. The summed E-state index contributed by atoms with van der Waals surface area (Å²) in [5.74, 6) is -1.00. The van der Waals surface area contributed by atoms with Crippen LogP contribution >= 0.6 is 0 Å². The Morgan fingerprint density at radius 3 is 2.86 bits per heavy atom. The second-order valence-corrected chi connectivity index (χ2v) is 2.50. The third kappa shape index (κ3) is 3.61. The van der Waals surface area contributed by atoms with Crippen LogP contribution in [0.2, 0.25) is 0 Å². The van der Waals surface area contributed by atoms with Crippen molar-refractivity contribution < 1.29 is 14.7 Å². The monoisotopic (exact) mass is 199 g/mol. The molecular weight excluding hydrogens is 190 g/mol. The summed E-state index contributed by atoms with van der Waals surface area (Å²) < 4.78 is 0. The minimum absolute atomic E-state index is 0.00385. The summed E-state index contributed by atoms with van der Waals surface area (Å²) in [6.45, 7) is 0.103. The fourth-order valence-corrected chi connectivity index (χ4v) is 0.772. The summed E-state index contributed by atoms with van der Waals surface area (Å²) >= 11 is 0. The number of hydrogen-bond donors (Lipinski definition) is 3. The van der Waals surface area contributed by atoms with Gasteiger partial charge in [-0.05, 0) is 0 Å². The first-order valence-corrected chi connectivity index (χ1v) is 3.89. The van der Waals surface area contributed by atoms with Crippen molar-refractivity contribution in [3.8, 4) is 0 Å². The highest BCUT2D eigenvalue weighted by atomic mass is 16.4. The Kier molecular flexibility index (Phi) is 3.53. The summed E-state index contributed by atoms with van der Waals surface area (Å²) in [4.78, 5) is 21.2. The van der Waals surface area contributed by atoms with Crippen molar-refractivity contribution >= 4 is 11.9 Å². The maximum atomic E-state index is 11.1. The van der Waals surface area contributed by atoms with E-state index in [1.807, 2.05) is 0 Å². The van der Waals surface area contributed by atoms with Gasteiger partial charge >= 0.3 is 5.97 Å². The molecule has 0 saturated carbocycles. The quantitative estimate of drug-likeness (QED) is 0.521. The maximum absolute atomic E-state index is 11.1. The zero-order valence-electron chi connectivity index (χ0n) is 7.23. The van der Waals surface area contributed by atoms with E-state index in [1.165, 1.54) is 0 Å². The van der Waals surface area contributed by atoms with Gasteiger partial charge in [0.2, 0.25) is 5.91 Å². The number of aromatic nitrogens is 4. The number of H-pyrrole nitrogens is 1. The number of aromatic amines is 1. The van der Waals surface area contributed by atoms with E-state index in [1.54, 1.807) is 0 Å². The number of tetrazole rings is 1. The Morgan fingerprint density at radius 2 is 2.29 bits per heavy atom. The SMILES string of the molecule is O=C(O)CCNC(=O)Cc1nn[nH]n1. The molecule has 0 unspecified atom stereocenters. The molecule has 1 heterocycles. The molecule has 0 aliphatic carbocycles. The number of carboxylic acids is 1. The molecule has 1 aromatic heterocycles. The van der Waals surface area contributed by atoms with Gasteiger partial charge in [-0.3, -0.25) is 9.59 Å². The molecule has 0 bridgehead atoms. The lowest BCUT2D eigenvalue weighted by Gasteiger charge is -1.99. The van der Waals surface area contributed by atoms with Gasteiger partial charge in [-0.2, -0.15) is 5.21 Å². The number of amides is 1. The Bertz CT molecular complexity index is 309. The molecule has 76 valence electrons. The van der Waals surface area contributed by atoms with Gasteiger partial charge in [0.25, 0.3) is 0 Å². The van der Waals surface area contributed by atoms with Crippen molar-refractivity contribution in [2.75, 3.05) is 6.54 Å². The normalized spacial score (nSPS) is 9.71. The van der Waals surface area contributed by atoms with Crippen LogP contribution in [0.25, 0.3) is 0 Å². The van der Waals surface area contributed by atoms with E-state index in [2.05, 4.69) is 25.9 Å². The Balaban J connectivity index is 2.20. The van der Waals surface area contributed by atoms with Crippen LogP contribution in [0, 0.1) is 0 Å². The van der Waals surface area contributed by atoms with Gasteiger partial charge in [0, 0.05) is 6.54 Å². The minimum atomic E-state index is -0.954. The molecule has 1 aromatic rings. The zero-order chi connectivity index (χ0) is 10.4. The molecule has 14 heavy (non-hydrogen) atoms. The molecule has 0 aliphatic heterocycles. The Hall–Kier alpha value is -1.99. The maximum Gasteiger partial charge on any atom is 0.305 e. The standard InChI is InChI=1S/C6H9N5O3/c12-5(7-2-1-6(13)14)3-4-8-10-11-9-4/h1-3H2,(H,7,12)(H,13,14)(H,8,9,10,11). The highest BCUT2D eigenvalue weighted by Crippen LogP contribution is 1.85. The van der Waals surface area contributed by atoms with Gasteiger partial charge < -0.3 is 10.4 Å². The fourth-order valence-electron chi connectivity index (χ4n) is 0.772. The Morgan fingerprint density at radius 1 is 1.50 bits per heavy atom. The van der Waals surface area contributed by atoms with Gasteiger partial charge in [0.1, 0.15) is 0 Å². The smallest absolute Gasteiger partial charge is 0.305 e.